The van der Waals surface area contributed by atoms with Crippen molar-refractivity contribution >= 4 is 23.4 Å². The Morgan fingerprint density at radius 3 is 2.74 bits per heavy atom. The maximum atomic E-state index is 14.0. The third-order valence-electron chi connectivity index (χ3n) is 7.89. The van der Waals surface area contributed by atoms with Gasteiger partial charge >= 0.3 is 12.2 Å². The molecule has 0 aliphatic carbocycles. The van der Waals surface area contributed by atoms with Crippen LogP contribution in [0.1, 0.15) is 31.4 Å². The van der Waals surface area contributed by atoms with E-state index < -0.39 is 29.2 Å². The van der Waals surface area contributed by atoms with Crippen molar-refractivity contribution in [3.05, 3.63) is 53.9 Å². The van der Waals surface area contributed by atoms with E-state index in [1.165, 1.54) is 23.4 Å². The van der Waals surface area contributed by atoms with Gasteiger partial charge in [-0.05, 0) is 51.6 Å². The quantitative estimate of drug-likeness (QED) is 0.421. The fourth-order valence-corrected chi connectivity index (χ4v) is 5.79. The van der Waals surface area contributed by atoms with Crippen molar-refractivity contribution in [1.29, 1.82) is 0 Å². The molecule has 3 aliphatic rings. The Morgan fingerprint density at radius 1 is 1.21 bits per heavy atom. The van der Waals surface area contributed by atoms with Gasteiger partial charge in [0, 0.05) is 24.6 Å². The highest BCUT2D eigenvalue weighted by Gasteiger charge is 2.51. The molecule has 0 radical (unpaired) electrons. The Labute approximate surface area is 246 Å². The summed E-state index contributed by atoms with van der Waals surface area (Å²) in [5.41, 5.74) is 0.505. The maximum absolute atomic E-state index is 14.0. The average Bonchev–Trinajstić information content (AvgIpc) is 3.52. The number of aryl methyl sites for hydroxylation is 1. The lowest BCUT2D eigenvalue weighted by Crippen LogP contribution is -2.65. The number of benzene rings is 1. The number of amides is 2. The predicted octanol–water partition coefficient (Wildman–Crippen LogP) is 4.57. The number of nitrogens with one attached hydrogen (secondary N) is 2. The molecule has 43 heavy (non-hydrogen) atoms. The van der Waals surface area contributed by atoms with Crippen molar-refractivity contribution < 1.29 is 32.2 Å². The number of alkyl halides is 3. The van der Waals surface area contributed by atoms with Crippen LogP contribution in [0.25, 0.3) is 11.3 Å². The van der Waals surface area contributed by atoms with Crippen molar-refractivity contribution in [3.63, 3.8) is 0 Å². The Hall–Kier alpha value is -4.01. The first-order valence-corrected chi connectivity index (χ1v) is 13.9. The summed E-state index contributed by atoms with van der Waals surface area (Å²) in [4.78, 5) is 30.8. The number of aromatic nitrogens is 3. The van der Waals surface area contributed by atoms with Crippen molar-refractivity contribution in [2.75, 3.05) is 48.5 Å². The van der Waals surface area contributed by atoms with Crippen LogP contribution >= 0.6 is 0 Å². The van der Waals surface area contributed by atoms with Gasteiger partial charge in [-0.3, -0.25) is 15.5 Å². The van der Waals surface area contributed by atoms with E-state index in [2.05, 4.69) is 25.5 Å². The highest BCUT2D eigenvalue weighted by atomic mass is 19.4. The van der Waals surface area contributed by atoms with Crippen molar-refractivity contribution in [3.8, 4) is 17.1 Å². The van der Waals surface area contributed by atoms with Crippen molar-refractivity contribution in [2.24, 2.45) is 0 Å². The van der Waals surface area contributed by atoms with E-state index >= 15 is 0 Å². The Kier molecular flexibility index (Phi) is 7.18. The van der Waals surface area contributed by atoms with E-state index in [1.807, 2.05) is 19.9 Å². The standard InChI is InChI=1S/C29H32F3N7O4/c1-17-10-21-25(37-24(17)18-6-5-7-19(11-18)29(30,31)32)39(28(33-4)8-9-38(21)15-28)26(40)36-22-12-23(35-16-34-22)41-13-20-14-42-27(2,3)43-20/h5-7,10-12,16,20,33H,8-9,13-15H2,1-4H3,(H,34,35,36,40)/t20-,28-/m0/s1. The van der Waals surface area contributed by atoms with Gasteiger partial charge in [-0.25, -0.2) is 19.7 Å². The van der Waals surface area contributed by atoms with Gasteiger partial charge in [-0.15, -0.1) is 0 Å². The number of anilines is 3. The molecule has 2 N–H and O–H groups in total. The minimum absolute atomic E-state index is 0.202. The van der Waals surface area contributed by atoms with Crippen molar-refractivity contribution in [1.82, 2.24) is 20.3 Å². The molecule has 0 unspecified atom stereocenters. The highest BCUT2D eigenvalue weighted by molar-refractivity contribution is 6.05. The number of hydrogen-bond acceptors (Lipinski definition) is 9. The first-order chi connectivity index (χ1) is 20.4. The molecule has 228 valence electrons. The van der Waals surface area contributed by atoms with Gasteiger partial charge in [0.25, 0.3) is 0 Å². The normalized spacial score (nSPS) is 22.4. The summed E-state index contributed by atoms with van der Waals surface area (Å²) in [6.45, 7) is 7.20. The van der Waals surface area contributed by atoms with Gasteiger partial charge < -0.3 is 19.1 Å². The Morgan fingerprint density at radius 2 is 2.02 bits per heavy atom. The summed E-state index contributed by atoms with van der Waals surface area (Å²) in [6.07, 6.45) is -2.89. The summed E-state index contributed by atoms with van der Waals surface area (Å²) < 4.78 is 57.6. The molecule has 2 fully saturated rings. The van der Waals surface area contributed by atoms with Gasteiger partial charge in [-0.2, -0.15) is 13.2 Å². The second-order valence-corrected chi connectivity index (χ2v) is 11.3. The number of ether oxygens (including phenoxy) is 3. The summed E-state index contributed by atoms with van der Waals surface area (Å²) in [5, 5.41) is 6.12. The lowest BCUT2D eigenvalue weighted by molar-refractivity contribution is -0.141. The molecule has 2 amide bonds. The van der Waals surface area contributed by atoms with Gasteiger partial charge in [0.2, 0.25) is 5.88 Å². The second-order valence-electron chi connectivity index (χ2n) is 11.3. The molecule has 14 heteroatoms. The van der Waals surface area contributed by atoms with Gasteiger partial charge in [0.05, 0.1) is 30.1 Å². The molecule has 0 spiro atoms. The van der Waals surface area contributed by atoms with Gasteiger partial charge in [0.15, 0.2) is 11.6 Å². The van der Waals surface area contributed by atoms with Crippen LogP contribution in [0.4, 0.5) is 35.3 Å². The Balaban J connectivity index is 1.30. The third kappa shape index (κ3) is 5.57. The zero-order chi connectivity index (χ0) is 30.6. The van der Waals surface area contributed by atoms with Crippen molar-refractivity contribution in [2.45, 2.75) is 50.9 Å². The van der Waals surface area contributed by atoms with Crippen LogP contribution in [0, 0.1) is 6.92 Å². The summed E-state index contributed by atoms with van der Waals surface area (Å²) in [5.74, 6) is 0.0991. The SMILES string of the molecule is CN[C@]12CCN(C1)c1cc(C)c(-c3cccc(C(F)(F)F)c3)nc1N2C(=O)Nc1cc(OC[C@H]2COC(C)(C)O2)ncn1. The molecule has 0 saturated carbocycles. The summed E-state index contributed by atoms with van der Waals surface area (Å²) >= 11 is 0. The molecule has 3 aromatic rings. The molecule has 2 bridgehead atoms. The average molecular weight is 600 g/mol. The van der Waals surface area contributed by atoms with Gasteiger partial charge in [0.1, 0.15) is 30.5 Å². The monoisotopic (exact) mass is 599 g/mol. The molecule has 11 nitrogen and oxygen atoms in total. The number of urea groups is 1. The van der Waals surface area contributed by atoms with Crippen LogP contribution in [0.5, 0.6) is 5.88 Å². The number of rotatable bonds is 6. The van der Waals surface area contributed by atoms with Crippen LogP contribution < -0.4 is 25.2 Å². The zero-order valence-electron chi connectivity index (χ0n) is 24.2. The predicted molar refractivity (Wildman–Crippen MR) is 152 cm³/mol. The smallest absolute Gasteiger partial charge is 0.416 e. The topological polar surface area (TPSA) is 114 Å². The first kappa shape index (κ1) is 29.1. The molecule has 1 aromatic carbocycles. The number of fused-ring (bicyclic) bond motifs is 4. The van der Waals surface area contributed by atoms with E-state index in [9.17, 15) is 18.0 Å². The molecule has 5 heterocycles. The first-order valence-electron chi connectivity index (χ1n) is 13.9. The van der Waals surface area contributed by atoms with Gasteiger partial charge in [-0.1, -0.05) is 12.1 Å². The minimum Gasteiger partial charge on any atom is -0.475 e. The largest absolute Gasteiger partial charge is 0.475 e. The molecule has 2 atom stereocenters. The molecule has 3 aliphatic heterocycles. The minimum atomic E-state index is -4.50. The third-order valence-corrected chi connectivity index (χ3v) is 7.89. The zero-order valence-corrected chi connectivity index (χ0v) is 24.2. The molecule has 6 rings (SSSR count). The number of likely N-dealkylation sites (N-methyl/N-ethyl adjacent to an activating group) is 1. The summed E-state index contributed by atoms with van der Waals surface area (Å²) in [6, 6.07) is 7.90. The molecular weight excluding hydrogens is 567 g/mol. The van der Waals surface area contributed by atoms with E-state index in [1.54, 1.807) is 20.0 Å². The number of hydrogen-bond donors (Lipinski definition) is 2. The molecule has 2 aromatic heterocycles. The van der Waals surface area contributed by atoms with Crippen LogP contribution in [0.3, 0.4) is 0 Å². The summed E-state index contributed by atoms with van der Waals surface area (Å²) in [7, 11) is 1.77. The number of nitrogens with zero attached hydrogens (tertiary/aromatic N) is 5. The molecular formula is C29H32F3N7O4. The fraction of sp³-hybridized carbons (Fsp3) is 0.448. The maximum Gasteiger partial charge on any atom is 0.416 e. The van der Waals surface area contributed by atoms with E-state index in [0.717, 1.165) is 17.8 Å². The van der Waals surface area contributed by atoms with Crippen LogP contribution in [-0.2, 0) is 15.7 Å². The fourth-order valence-electron chi connectivity index (χ4n) is 5.79. The lowest BCUT2D eigenvalue weighted by atomic mass is 10.0. The second kappa shape index (κ2) is 10.6. The van der Waals surface area contributed by atoms with Crippen LogP contribution in [-0.4, -0.2) is 71.9 Å². The number of pyridine rings is 1. The molecule has 2 saturated heterocycles. The number of carbonyl (C=O) groups excluding carboxylic acids is 1. The van der Waals surface area contributed by atoms with E-state index in [0.29, 0.717) is 48.8 Å². The van der Waals surface area contributed by atoms with Crippen LogP contribution in [0.2, 0.25) is 0 Å². The van der Waals surface area contributed by atoms with E-state index in [-0.39, 0.29) is 24.4 Å². The number of carbonyl (C=O) groups is 1. The highest BCUT2D eigenvalue weighted by Crippen LogP contribution is 2.45. The van der Waals surface area contributed by atoms with Crippen LogP contribution in [0.15, 0.2) is 42.7 Å². The van der Waals surface area contributed by atoms with E-state index in [4.69, 9.17) is 19.2 Å². The number of halogens is 3. The lowest BCUT2D eigenvalue weighted by Gasteiger charge is -2.44. The Bertz CT molecular complexity index is 1550.